The molecular weight excluding hydrogens is 336 g/mol. The van der Waals surface area contributed by atoms with Gasteiger partial charge in [0.1, 0.15) is 5.15 Å². The van der Waals surface area contributed by atoms with Crippen LogP contribution in [0.2, 0.25) is 5.15 Å². The van der Waals surface area contributed by atoms with E-state index in [9.17, 15) is 21.6 Å². The lowest BCUT2D eigenvalue weighted by molar-refractivity contribution is -0.0429. The van der Waals surface area contributed by atoms with Gasteiger partial charge in [-0.25, -0.2) is 4.98 Å². The Morgan fingerprint density at radius 1 is 1.44 bits per heavy atom. The first-order chi connectivity index (χ1) is 7.13. The van der Waals surface area contributed by atoms with E-state index in [1.54, 1.807) is 0 Å². The van der Waals surface area contributed by atoms with Gasteiger partial charge in [0.05, 0.1) is 16.4 Å². The van der Waals surface area contributed by atoms with E-state index >= 15 is 0 Å². The Balaban J connectivity index is 3.03. The molecule has 16 heavy (non-hydrogen) atoms. The summed E-state index contributed by atoms with van der Waals surface area (Å²) >= 11 is 8.38. The summed E-state index contributed by atoms with van der Waals surface area (Å²) in [5, 5.41) is 0.00922. The fraction of sp³-hybridized carbons (Fsp3) is 0.167. The lowest BCUT2D eigenvalue weighted by atomic mass is 10.4. The second-order valence-electron chi connectivity index (χ2n) is 2.55. The van der Waals surface area contributed by atoms with Crippen molar-refractivity contribution in [3.05, 3.63) is 21.9 Å². The number of nitrogens with one attached hydrogen (secondary N) is 1. The number of anilines is 1. The Labute approximate surface area is 102 Å². The average molecular weight is 340 g/mol. The van der Waals surface area contributed by atoms with E-state index in [2.05, 4.69) is 20.9 Å². The maximum atomic E-state index is 12.0. The van der Waals surface area contributed by atoms with Crippen molar-refractivity contribution in [2.45, 2.75) is 5.51 Å². The highest BCUT2D eigenvalue weighted by atomic mass is 79.9. The topological polar surface area (TPSA) is 59.1 Å². The van der Waals surface area contributed by atoms with Crippen LogP contribution in [0.25, 0.3) is 0 Å². The van der Waals surface area contributed by atoms with Gasteiger partial charge in [0, 0.05) is 0 Å². The smallest absolute Gasteiger partial charge is 0.274 e. The summed E-state index contributed by atoms with van der Waals surface area (Å²) in [5.74, 6) is 0. The Morgan fingerprint density at radius 2 is 2.00 bits per heavy atom. The molecule has 0 saturated carbocycles. The second kappa shape index (κ2) is 4.38. The predicted molar refractivity (Wildman–Crippen MR) is 55.5 cm³/mol. The van der Waals surface area contributed by atoms with Crippen LogP contribution in [-0.4, -0.2) is 18.9 Å². The lowest BCUT2D eigenvalue weighted by Gasteiger charge is -2.10. The van der Waals surface area contributed by atoms with Crippen molar-refractivity contribution in [3.8, 4) is 0 Å². The Morgan fingerprint density at radius 3 is 2.44 bits per heavy atom. The summed E-state index contributed by atoms with van der Waals surface area (Å²) in [5.41, 5.74) is -5.72. The maximum Gasteiger partial charge on any atom is 0.516 e. The van der Waals surface area contributed by atoms with E-state index in [1.807, 2.05) is 0 Å². The third-order valence-electron chi connectivity index (χ3n) is 1.35. The molecule has 0 atom stereocenters. The Kier molecular flexibility index (Phi) is 3.70. The van der Waals surface area contributed by atoms with Crippen molar-refractivity contribution in [3.63, 3.8) is 0 Å². The summed E-state index contributed by atoms with van der Waals surface area (Å²) in [6.07, 6.45) is 0.871. The number of pyridine rings is 1. The fourth-order valence-corrected chi connectivity index (χ4v) is 1.68. The van der Waals surface area contributed by atoms with E-state index in [-0.39, 0.29) is 15.3 Å². The highest BCUT2D eigenvalue weighted by Crippen LogP contribution is 2.28. The second-order valence-corrected chi connectivity index (χ2v) is 5.43. The quantitative estimate of drug-likeness (QED) is 0.843. The van der Waals surface area contributed by atoms with Crippen LogP contribution in [0.1, 0.15) is 0 Å². The molecule has 0 fully saturated rings. The first kappa shape index (κ1) is 13.5. The van der Waals surface area contributed by atoms with Crippen LogP contribution in [-0.2, 0) is 10.0 Å². The van der Waals surface area contributed by atoms with Gasteiger partial charge in [0.2, 0.25) is 0 Å². The standard InChI is InChI=1S/C6H3BrClF3N2O2S/c7-4-1-3(2-12-5(4)8)13-16(14,15)6(9,10)11/h1-2,13H. The lowest BCUT2D eigenvalue weighted by Crippen LogP contribution is -2.29. The summed E-state index contributed by atoms with van der Waals surface area (Å²) in [6.45, 7) is 0. The van der Waals surface area contributed by atoms with Gasteiger partial charge in [0.25, 0.3) is 0 Å². The molecule has 10 heteroatoms. The summed E-state index contributed by atoms with van der Waals surface area (Å²) in [6, 6.07) is 1.07. The molecule has 1 N–H and O–H groups in total. The van der Waals surface area contributed by atoms with Gasteiger partial charge in [-0.1, -0.05) is 11.6 Å². The molecule has 0 amide bonds. The van der Waals surface area contributed by atoms with Crippen molar-refractivity contribution < 1.29 is 21.6 Å². The average Bonchev–Trinajstić information content (AvgIpc) is 2.09. The molecule has 0 unspecified atom stereocenters. The van der Waals surface area contributed by atoms with E-state index < -0.39 is 15.5 Å². The molecule has 1 rings (SSSR count). The van der Waals surface area contributed by atoms with Crippen LogP contribution >= 0.6 is 27.5 Å². The van der Waals surface area contributed by atoms with Crippen LogP contribution in [0, 0.1) is 0 Å². The zero-order valence-electron chi connectivity index (χ0n) is 7.22. The van der Waals surface area contributed by atoms with Gasteiger partial charge in [-0.15, -0.1) is 0 Å². The summed E-state index contributed by atoms with van der Waals surface area (Å²) in [7, 11) is -5.43. The van der Waals surface area contributed by atoms with Gasteiger partial charge < -0.3 is 0 Å². The molecule has 0 aliphatic carbocycles. The minimum Gasteiger partial charge on any atom is -0.274 e. The maximum absolute atomic E-state index is 12.0. The fourth-order valence-electron chi connectivity index (χ4n) is 0.690. The van der Waals surface area contributed by atoms with Crippen LogP contribution < -0.4 is 4.72 Å². The van der Waals surface area contributed by atoms with Crippen molar-refractivity contribution in [2.24, 2.45) is 0 Å². The largest absolute Gasteiger partial charge is 0.516 e. The summed E-state index contributed by atoms with van der Waals surface area (Å²) < 4.78 is 58.9. The minimum atomic E-state index is -5.43. The molecule has 1 heterocycles. The number of sulfonamides is 1. The summed E-state index contributed by atoms with van der Waals surface area (Å²) in [4.78, 5) is 3.47. The van der Waals surface area contributed by atoms with Crippen molar-refractivity contribution in [2.75, 3.05) is 4.72 Å². The van der Waals surface area contributed by atoms with Crippen LogP contribution in [0.3, 0.4) is 0 Å². The van der Waals surface area contributed by atoms with E-state index in [0.29, 0.717) is 0 Å². The number of nitrogens with zero attached hydrogens (tertiary/aromatic N) is 1. The van der Waals surface area contributed by atoms with Crippen molar-refractivity contribution in [1.29, 1.82) is 0 Å². The molecular formula is C6H3BrClF3N2O2S. The van der Waals surface area contributed by atoms with Crippen LogP contribution in [0.4, 0.5) is 18.9 Å². The molecule has 0 aromatic carbocycles. The highest BCUT2D eigenvalue weighted by molar-refractivity contribution is 9.10. The first-order valence-corrected chi connectivity index (χ1v) is 6.19. The number of rotatable bonds is 2. The number of aromatic nitrogens is 1. The molecule has 0 saturated heterocycles. The molecule has 0 spiro atoms. The molecule has 0 radical (unpaired) electrons. The first-order valence-electron chi connectivity index (χ1n) is 3.53. The third-order valence-corrected chi connectivity index (χ3v) is 3.60. The van der Waals surface area contributed by atoms with Gasteiger partial charge in [0.15, 0.2) is 0 Å². The molecule has 90 valence electrons. The SMILES string of the molecule is O=S(=O)(Nc1cnc(Cl)c(Br)c1)C(F)(F)F. The number of halogens is 5. The van der Waals surface area contributed by atoms with Gasteiger partial charge in [-0.05, 0) is 22.0 Å². The van der Waals surface area contributed by atoms with E-state index in [1.165, 1.54) is 4.72 Å². The zero-order valence-corrected chi connectivity index (χ0v) is 10.4. The molecule has 0 aliphatic heterocycles. The molecule has 1 aromatic rings. The molecule has 0 aliphatic rings. The predicted octanol–water partition coefficient (Wildman–Crippen LogP) is 2.76. The van der Waals surface area contributed by atoms with Crippen molar-refractivity contribution in [1.82, 2.24) is 4.98 Å². The number of hydrogen-bond donors (Lipinski definition) is 1. The Hall–Kier alpha value is -0.540. The Bertz CT molecular complexity index is 505. The minimum absolute atomic E-state index is 0.00922. The zero-order chi connectivity index (χ0) is 12.6. The van der Waals surface area contributed by atoms with Crippen LogP contribution in [0.15, 0.2) is 16.7 Å². The van der Waals surface area contributed by atoms with Gasteiger partial charge >= 0.3 is 15.5 Å². The van der Waals surface area contributed by atoms with Gasteiger partial charge in [-0.3, -0.25) is 4.72 Å². The molecule has 1 aromatic heterocycles. The van der Waals surface area contributed by atoms with Gasteiger partial charge in [-0.2, -0.15) is 21.6 Å². The van der Waals surface area contributed by atoms with Crippen molar-refractivity contribution >= 4 is 43.2 Å². The number of alkyl halides is 3. The van der Waals surface area contributed by atoms with Crippen LogP contribution in [0.5, 0.6) is 0 Å². The van der Waals surface area contributed by atoms with E-state index in [4.69, 9.17) is 11.6 Å². The number of hydrogen-bond acceptors (Lipinski definition) is 3. The van der Waals surface area contributed by atoms with E-state index in [0.717, 1.165) is 12.3 Å². The molecule has 4 nitrogen and oxygen atoms in total. The highest BCUT2D eigenvalue weighted by Gasteiger charge is 2.46. The third kappa shape index (κ3) is 2.98. The normalized spacial score (nSPS) is 12.6. The monoisotopic (exact) mass is 338 g/mol. The molecule has 0 bridgehead atoms.